The summed E-state index contributed by atoms with van der Waals surface area (Å²) < 4.78 is 20.1. The van der Waals surface area contributed by atoms with Crippen molar-refractivity contribution >= 4 is 0 Å². The number of aromatic nitrogens is 2. The Morgan fingerprint density at radius 3 is 2.36 bits per heavy atom. The molecule has 1 saturated heterocycles. The van der Waals surface area contributed by atoms with E-state index < -0.39 is 0 Å². The smallest absolute Gasteiger partial charge is 0.132 e. The lowest BCUT2D eigenvalue weighted by atomic mass is 9.92. The van der Waals surface area contributed by atoms with Gasteiger partial charge in [-0.1, -0.05) is 50.2 Å². The molecule has 1 fully saturated rings. The zero-order valence-electron chi connectivity index (χ0n) is 16.4. The van der Waals surface area contributed by atoms with Crippen molar-refractivity contribution in [1.82, 2.24) is 15.1 Å². The van der Waals surface area contributed by atoms with Gasteiger partial charge < -0.3 is 4.74 Å². The molecule has 1 aromatic heterocycles. The molecule has 0 radical (unpaired) electrons. The van der Waals surface area contributed by atoms with Crippen LogP contribution < -0.4 is 0 Å². The first kappa shape index (κ1) is 18.8. The highest BCUT2D eigenvalue weighted by molar-refractivity contribution is 5.65. The van der Waals surface area contributed by atoms with Crippen molar-refractivity contribution in [1.29, 1.82) is 0 Å². The maximum atomic E-state index is 14.5. The third kappa shape index (κ3) is 3.73. The molecule has 146 valence electrons. The first-order valence-electron chi connectivity index (χ1n) is 9.85. The van der Waals surface area contributed by atoms with E-state index in [1.165, 1.54) is 17.2 Å². The van der Waals surface area contributed by atoms with Gasteiger partial charge in [0, 0.05) is 24.2 Å². The SMILES string of the molecule is CC(C)c1ccc(C(c2cn[nH]c2-c2ccccc2F)N2CCOCC2)cc1. The molecular weight excluding hydrogens is 353 g/mol. The van der Waals surface area contributed by atoms with Gasteiger partial charge >= 0.3 is 0 Å². The lowest BCUT2D eigenvalue weighted by Crippen LogP contribution is -2.39. The maximum absolute atomic E-state index is 14.5. The van der Waals surface area contributed by atoms with E-state index in [4.69, 9.17) is 4.74 Å². The average molecular weight is 379 g/mol. The topological polar surface area (TPSA) is 41.2 Å². The minimum Gasteiger partial charge on any atom is -0.379 e. The predicted molar refractivity (Wildman–Crippen MR) is 109 cm³/mol. The van der Waals surface area contributed by atoms with Crippen LogP contribution in [0.25, 0.3) is 11.3 Å². The molecule has 0 bridgehead atoms. The van der Waals surface area contributed by atoms with Crippen molar-refractivity contribution in [3.63, 3.8) is 0 Å². The number of morpholine rings is 1. The van der Waals surface area contributed by atoms with Gasteiger partial charge in [-0.3, -0.25) is 10.00 Å². The standard InChI is InChI=1S/C23H26FN3O/c1-16(2)17-7-9-18(10-8-17)23(27-11-13-28-14-12-27)20-15-25-26-22(20)19-5-3-4-6-21(19)24/h3-10,15-16,23H,11-14H2,1-2H3,(H,25,26). The van der Waals surface area contributed by atoms with Crippen molar-refractivity contribution in [2.45, 2.75) is 25.8 Å². The number of halogens is 1. The summed E-state index contributed by atoms with van der Waals surface area (Å²) in [6, 6.07) is 15.6. The van der Waals surface area contributed by atoms with E-state index in [1.807, 2.05) is 12.3 Å². The molecule has 0 amide bonds. The molecular formula is C23H26FN3O. The minimum atomic E-state index is -0.246. The number of hydrogen-bond donors (Lipinski definition) is 1. The summed E-state index contributed by atoms with van der Waals surface area (Å²) in [7, 11) is 0. The van der Waals surface area contributed by atoms with Gasteiger partial charge in [-0.2, -0.15) is 5.10 Å². The number of nitrogens with one attached hydrogen (secondary N) is 1. The van der Waals surface area contributed by atoms with E-state index in [0.717, 1.165) is 24.3 Å². The molecule has 28 heavy (non-hydrogen) atoms. The zero-order chi connectivity index (χ0) is 19.5. The molecule has 0 saturated carbocycles. The van der Waals surface area contributed by atoms with Crippen LogP contribution in [0.5, 0.6) is 0 Å². The Hall–Kier alpha value is -2.50. The van der Waals surface area contributed by atoms with Gasteiger partial charge in [0.1, 0.15) is 5.82 Å². The summed E-state index contributed by atoms with van der Waals surface area (Å²) in [5.41, 5.74) is 4.77. The highest BCUT2D eigenvalue weighted by atomic mass is 19.1. The maximum Gasteiger partial charge on any atom is 0.132 e. The van der Waals surface area contributed by atoms with Gasteiger partial charge in [-0.05, 0) is 29.2 Å². The van der Waals surface area contributed by atoms with E-state index in [1.54, 1.807) is 12.1 Å². The second kappa shape index (κ2) is 8.25. The Morgan fingerprint density at radius 2 is 1.68 bits per heavy atom. The van der Waals surface area contributed by atoms with Crippen LogP contribution in [-0.2, 0) is 4.74 Å². The van der Waals surface area contributed by atoms with Crippen molar-refractivity contribution in [3.8, 4) is 11.3 Å². The average Bonchev–Trinajstić information content (AvgIpc) is 3.19. The van der Waals surface area contributed by atoms with E-state index in [-0.39, 0.29) is 11.9 Å². The van der Waals surface area contributed by atoms with Crippen LogP contribution in [0.1, 0.15) is 42.5 Å². The van der Waals surface area contributed by atoms with Crippen LogP contribution in [0.3, 0.4) is 0 Å². The van der Waals surface area contributed by atoms with Crippen molar-refractivity contribution < 1.29 is 9.13 Å². The Morgan fingerprint density at radius 1 is 1.00 bits per heavy atom. The fourth-order valence-electron chi connectivity index (χ4n) is 3.87. The highest BCUT2D eigenvalue weighted by Gasteiger charge is 2.28. The lowest BCUT2D eigenvalue weighted by molar-refractivity contribution is 0.0240. The summed E-state index contributed by atoms with van der Waals surface area (Å²) in [5, 5.41) is 7.31. The third-order valence-electron chi connectivity index (χ3n) is 5.44. The number of H-pyrrole nitrogens is 1. The molecule has 0 aliphatic carbocycles. The van der Waals surface area contributed by atoms with Crippen LogP contribution in [0.4, 0.5) is 4.39 Å². The lowest BCUT2D eigenvalue weighted by Gasteiger charge is -2.35. The summed E-state index contributed by atoms with van der Waals surface area (Å²) in [4.78, 5) is 2.39. The van der Waals surface area contributed by atoms with Crippen LogP contribution in [0, 0.1) is 5.82 Å². The number of hydrogen-bond acceptors (Lipinski definition) is 3. The normalized spacial score (nSPS) is 16.4. The molecule has 2 heterocycles. The molecule has 1 N–H and O–H groups in total. The van der Waals surface area contributed by atoms with Crippen molar-refractivity contribution in [2.75, 3.05) is 26.3 Å². The van der Waals surface area contributed by atoms with Crippen LogP contribution in [-0.4, -0.2) is 41.4 Å². The molecule has 4 rings (SSSR count). The minimum absolute atomic E-state index is 0.00142. The van der Waals surface area contributed by atoms with Gasteiger partial charge in [0.2, 0.25) is 0 Å². The van der Waals surface area contributed by atoms with Crippen molar-refractivity contribution in [3.05, 3.63) is 77.2 Å². The molecule has 3 aromatic rings. The second-order valence-electron chi connectivity index (χ2n) is 7.55. The van der Waals surface area contributed by atoms with E-state index in [0.29, 0.717) is 24.7 Å². The molecule has 0 spiro atoms. The van der Waals surface area contributed by atoms with Gasteiger partial charge in [0.15, 0.2) is 0 Å². The molecule has 1 unspecified atom stereocenters. The Bertz CT molecular complexity index is 914. The summed E-state index contributed by atoms with van der Waals surface area (Å²) >= 11 is 0. The van der Waals surface area contributed by atoms with Gasteiger partial charge in [0.05, 0.1) is 31.1 Å². The molecule has 2 aromatic carbocycles. The van der Waals surface area contributed by atoms with Gasteiger partial charge in [0.25, 0.3) is 0 Å². The Kier molecular flexibility index (Phi) is 5.55. The summed E-state index contributed by atoms with van der Waals surface area (Å²) in [6.07, 6.45) is 1.83. The van der Waals surface area contributed by atoms with Crippen LogP contribution >= 0.6 is 0 Å². The van der Waals surface area contributed by atoms with Crippen molar-refractivity contribution in [2.24, 2.45) is 0 Å². The molecule has 4 nitrogen and oxygen atoms in total. The largest absolute Gasteiger partial charge is 0.379 e. The van der Waals surface area contributed by atoms with Gasteiger partial charge in [-0.25, -0.2) is 4.39 Å². The summed E-state index contributed by atoms with van der Waals surface area (Å²) in [5.74, 6) is 0.239. The fraction of sp³-hybridized carbons (Fsp3) is 0.348. The van der Waals surface area contributed by atoms with Crippen LogP contribution in [0.2, 0.25) is 0 Å². The first-order chi connectivity index (χ1) is 13.6. The number of aromatic amines is 1. The Balaban J connectivity index is 1.79. The third-order valence-corrected chi connectivity index (χ3v) is 5.44. The quantitative estimate of drug-likeness (QED) is 0.695. The first-order valence-corrected chi connectivity index (χ1v) is 9.85. The molecule has 5 heteroatoms. The Labute approximate surface area is 165 Å². The number of nitrogens with zero attached hydrogens (tertiary/aromatic N) is 2. The van der Waals surface area contributed by atoms with E-state index in [9.17, 15) is 4.39 Å². The summed E-state index contributed by atoms with van der Waals surface area (Å²) in [6.45, 7) is 7.46. The molecule has 1 aliphatic heterocycles. The van der Waals surface area contributed by atoms with Gasteiger partial charge in [-0.15, -0.1) is 0 Å². The van der Waals surface area contributed by atoms with Crippen LogP contribution in [0.15, 0.2) is 54.7 Å². The monoisotopic (exact) mass is 379 g/mol. The second-order valence-corrected chi connectivity index (χ2v) is 7.55. The van der Waals surface area contributed by atoms with E-state index >= 15 is 0 Å². The predicted octanol–water partition coefficient (Wildman–Crippen LogP) is 4.76. The highest BCUT2D eigenvalue weighted by Crippen LogP contribution is 2.36. The number of benzene rings is 2. The number of ether oxygens (including phenoxy) is 1. The zero-order valence-corrected chi connectivity index (χ0v) is 16.4. The fourth-order valence-corrected chi connectivity index (χ4v) is 3.87. The molecule has 1 aliphatic rings. The number of rotatable bonds is 5. The van der Waals surface area contributed by atoms with E-state index in [2.05, 4.69) is 53.2 Å². The molecule has 1 atom stereocenters.